The number of ether oxygens (including phenoxy) is 1. The summed E-state index contributed by atoms with van der Waals surface area (Å²) >= 11 is 0. The van der Waals surface area contributed by atoms with Gasteiger partial charge in [-0.25, -0.2) is 8.78 Å². The van der Waals surface area contributed by atoms with Gasteiger partial charge >= 0.3 is 0 Å². The van der Waals surface area contributed by atoms with Crippen molar-refractivity contribution in [2.75, 3.05) is 20.3 Å². The fourth-order valence-electron chi connectivity index (χ4n) is 1.61. The Balaban J connectivity index is 3.06. The smallest absolute Gasteiger partial charge is 0.242 e. The van der Waals surface area contributed by atoms with E-state index < -0.39 is 23.1 Å². The third kappa shape index (κ3) is 3.02. The van der Waals surface area contributed by atoms with Crippen molar-refractivity contribution in [3.8, 4) is 0 Å². The van der Waals surface area contributed by atoms with Crippen LogP contribution in [0.3, 0.4) is 0 Å². The summed E-state index contributed by atoms with van der Waals surface area (Å²) in [6, 6.07) is 3.00. The number of hydrogen-bond acceptors (Lipinski definition) is 3. The molecule has 4 nitrogen and oxygen atoms in total. The van der Waals surface area contributed by atoms with E-state index in [9.17, 15) is 13.6 Å². The van der Waals surface area contributed by atoms with Crippen molar-refractivity contribution in [3.63, 3.8) is 0 Å². The minimum atomic E-state index is -1.41. The fraction of sp³-hybridized carbons (Fsp3) is 0.417. The van der Waals surface area contributed by atoms with Crippen molar-refractivity contribution in [1.82, 2.24) is 5.32 Å². The maximum absolute atomic E-state index is 13.7. The van der Waals surface area contributed by atoms with Gasteiger partial charge in [0.25, 0.3) is 0 Å². The first kappa shape index (κ1) is 14.5. The van der Waals surface area contributed by atoms with E-state index in [1.165, 1.54) is 20.1 Å². The number of primary amides is 1. The lowest BCUT2D eigenvalue weighted by atomic mass is 9.90. The molecule has 6 heteroatoms. The predicted molar refractivity (Wildman–Crippen MR) is 62.8 cm³/mol. The summed E-state index contributed by atoms with van der Waals surface area (Å²) in [4.78, 5) is 11.5. The largest absolute Gasteiger partial charge is 0.383 e. The van der Waals surface area contributed by atoms with Crippen LogP contribution in [0, 0.1) is 11.6 Å². The average Bonchev–Trinajstić information content (AvgIpc) is 2.28. The second-order valence-corrected chi connectivity index (χ2v) is 4.03. The van der Waals surface area contributed by atoms with Crippen LogP contribution in [-0.4, -0.2) is 26.2 Å². The van der Waals surface area contributed by atoms with Crippen LogP contribution in [0.15, 0.2) is 18.2 Å². The Bertz CT molecular complexity index is 440. The van der Waals surface area contributed by atoms with Crippen molar-refractivity contribution in [3.05, 3.63) is 35.4 Å². The standard InChI is InChI=1S/C12H16F2N2O2/c1-12(11(15)17,16-5-6-18-2)9-4-3-8(13)7-10(9)14/h3-4,7,16H,5-6H2,1-2H3,(H2,15,17). The molecular weight excluding hydrogens is 242 g/mol. The molecule has 1 aromatic rings. The number of carbonyl (C=O) groups is 1. The third-order valence-corrected chi connectivity index (χ3v) is 2.75. The van der Waals surface area contributed by atoms with Gasteiger partial charge in [-0.3, -0.25) is 10.1 Å². The van der Waals surface area contributed by atoms with Crippen LogP contribution >= 0.6 is 0 Å². The van der Waals surface area contributed by atoms with Gasteiger partial charge in [-0.15, -0.1) is 0 Å². The van der Waals surface area contributed by atoms with Crippen LogP contribution in [0.5, 0.6) is 0 Å². The molecule has 0 radical (unpaired) electrons. The minimum Gasteiger partial charge on any atom is -0.383 e. The van der Waals surface area contributed by atoms with Crippen LogP contribution in [0.2, 0.25) is 0 Å². The minimum absolute atomic E-state index is 0.00695. The average molecular weight is 258 g/mol. The van der Waals surface area contributed by atoms with E-state index in [0.717, 1.165) is 6.07 Å². The number of rotatable bonds is 6. The molecule has 1 amide bonds. The Labute approximate surface area is 104 Å². The van der Waals surface area contributed by atoms with Gasteiger partial charge in [0.1, 0.15) is 17.2 Å². The van der Waals surface area contributed by atoms with Gasteiger partial charge in [-0.05, 0) is 13.0 Å². The highest BCUT2D eigenvalue weighted by atomic mass is 19.1. The Morgan fingerprint density at radius 3 is 2.67 bits per heavy atom. The quantitative estimate of drug-likeness (QED) is 0.745. The number of benzene rings is 1. The van der Waals surface area contributed by atoms with E-state index in [4.69, 9.17) is 10.5 Å². The molecule has 0 saturated carbocycles. The maximum atomic E-state index is 13.7. The normalized spacial score (nSPS) is 14.2. The molecule has 0 fully saturated rings. The van der Waals surface area contributed by atoms with E-state index in [1.807, 2.05) is 0 Å². The Morgan fingerprint density at radius 1 is 1.50 bits per heavy atom. The van der Waals surface area contributed by atoms with E-state index in [1.54, 1.807) is 0 Å². The third-order valence-electron chi connectivity index (χ3n) is 2.75. The van der Waals surface area contributed by atoms with Crippen LogP contribution in [-0.2, 0) is 15.1 Å². The number of amides is 1. The lowest BCUT2D eigenvalue weighted by Crippen LogP contribution is -2.51. The van der Waals surface area contributed by atoms with Crippen LogP contribution < -0.4 is 11.1 Å². The molecule has 1 unspecified atom stereocenters. The number of nitrogens with one attached hydrogen (secondary N) is 1. The summed E-state index contributed by atoms with van der Waals surface area (Å²) in [6.07, 6.45) is 0. The number of halogens is 2. The van der Waals surface area contributed by atoms with Crippen LogP contribution in [0.4, 0.5) is 8.78 Å². The molecular formula is C12H16F2N2O2. The van der Waals surface area contributed by atoms with Gasteiger partial charge < -0.3 is 10.5 Å². The Morgan fingerprint density at radius 2 is 2.17 bits per heavy atom. The zero-order valence-corrected chi connectivity index (χ0v) is 10.3. The monoisotopic (exact) mass is 258 g/mol. The molecule has 0 bridgehead atoms. The molecule has 0 aliphatic carbocycles. The van der Waals surface area contributed by atoms with Crippen molar-refractivity contribution >= 4 is 5.91 Å². The molecule has 0 saturated heterocycles. The molecule has 0 heterocycles. The number of carbonyl (C=O) groups excluding carboxylic acids is 1. The lowest BCUT2D eigenvalue weighted by molar-refractivity contribution is -0.124. The molecule has 1 aromatic carbocycles. The summed E-state index contributed by atoms with van der Waals surface area (Å²) in [7, 11) is 1.50. The van der Waals surface area contributed by atoms with Crippen molar-refractivity contribution in [1.29, 1.82) is 0 Å². The van der Waals surface area contributed by atoms with Crippen molar-refractivity contribution in [2.45, 2.75) is 12.5 Å². The molecule has 1 atom stereocenters. The summed E-state index contributed by atoms with van der Waals surface area (Å²) in [6.45, 7) is 2.10. The summed E-state index contributed by atoms with van der Waals surface area (Å²) < 4.78 is 31.4. The second-order valence-electron chi connectivity index (χ2n) is 4.03. The number of methoxy groups -OCH3 is 1. The first-order chi connectivity index (χ1) is 8.41. The van der Waals surface area contributed by atoms with Gasteiger partial charge in [0.05, 0.1) is 6.61 Å². The summed E-state index contributed by atoms with van der Waals surface area (Å²) in [5, 5.41) is 2.81. The van der Waals surface area contributed by atoms with Crippen LogP contribution in [0.1, 0.15) is 12.5 Å². The van der Waals surface area contributed by atoms with Crippen LogP contribution in [0.25, 0.3) is 0 Å². The molecule has 1 rings (SSSR count). The highest BCUT2D eigenvalue weighted by Crippen LogP contribution is 2.24. The van der Waals surface area contributed by atoms with Crippen molar-refractivity contribution < 1.29 is 18.3 Å². The zero-order chi connectivity index (χ0) is 13.8. The van der Waals surface area contributed by atoms with E-state index in [2.05, 4.69) is 5.32 Å². The SMILES string of the molecule is COCCNC(C)(C(N)=O)c1ccc(F)cc1F. The van der Waals surface area contributed by atoms with E-state index >= 15 is 0 Å². The lowest BCUT2D eigenvalue weighted by Gasteiger charge is -2.28. The van der Waals surface area contributed by atoms with Crippen molar-refractivity contribution in [2.24, 2.45) is 5.73 Å². The van der Waals surface area contributed by atoms with Gasteiger partial charge in [0, 0.05) is 25.3 Å². The maximum Gasteiger partial charge on any atom is 0.242 e. The number of hydrogen-bond donors (Lipinski definition) is 2. The fourth-order valence-corrected chi connectivity index (χ4v) is 1.61. The van der Waals surface area contributed by atoms with E-state index in [0.29, 0.717) is 19.2 Å². The highest BCUT2D eigenvalue weighted by molar-refractivity contribution is 5.85. The summed E-state index contributed by atoms with van der Waals surface area (Å²) in [5.41, 5.74) is 3.89. The van der Waals surface area contributed by atoms with Gasteiger partial charge in [0.2, 0.25) is 5.91 Å². The molecule has 0 spiro atoms. The highest BCUT2D eigenvalue weighted by Gasteiger charge is 2.35. The van der Waals surface area contributed by atoms with Gasteiger partial charge in [-0.2, -0.15) is 0 Å². The molecule has 3 N–H and O–H groups in total. The molecule has 0 aromatic heterocycles. The molecule has 0 aliphatic rings. The summed E-state index contributed by atoms with van der Waals surface area (Å²) in [5.74, 6) is -2.27. The van der Waals surface area contributed by atoms with Gasteiger partial charge in [-0.1, -0.05) is 6.07 Å². The zero-order valence-electron chi connectivity index (χ0n) is 10.3. The van der Waals surface area contributed by atoms with E-state index in [-0.39, 0.29) is 5.56 Å². The number of nitrogens with two attached hydrogens (primary N) is 1. The molecule has 100 valence electrons. The van der Waals surface area contributed by atoms with Gasteiger partial charge in [0.15, 0.2) is 0 Å². The first-order valence-corrected chi connectivity index (χ1v) is 5.41. The second kappa shape index (κ2) is 5.88. The Kier molecular flexibility index (Phi) is 4.75. The molecule has 0 aliphatic heterocycles. The Hall–Kier alpha value is -1.53. The molecule has 18 heavy (non-hydrogen) atoms. The first-order valence-electron chi connectivity index (χ1n) is 5.41. The topological polar surface area (TPSA) is 64.3 Å². The predicted octanol–water partition coefficient (Wildman–Crippen LogP) is 0.901.